The predicted molar refractivity (Wildman–Crippen MR) is 68.9 cm³/mol. The molecule has 2 atom stereocenters. The van der Waals surface area contributed by atoms with Crippen LogP contribution < -0.4 is 10.6 Å². The van der Waals surface area contributed by atoms with Crippen molar-refractivity contribution in [3.63, 3.8) is 0 Å². The molecule has 0 radical (unpaired) electrons. The largest absolute Gasteiger partial charge is 0.383 e. The summed E-state index contributed by atoms with van der Waals surface area (Å²) in [6, 6.07) is 0.573. The van der Waals surface area contributed by atoms with Crippen LogP contribution in [0.4, 0.5) is 0 Å². The summed E-state index contributed by atoms with van der Waals surface area (Å²) in [6.45, 7) is 5.10. The van der Waals surface area contributed by atoms with Gasteiger partial charge >= 0.3 is 0 Å². The number of rotatable bonds is 9. The van der Waals surface area contributed by atoms with E-state index in [1.165, 1.54) is 19.3 Å². The Morgan fingerprint density at radius 2 is 2.18 bits per heavy atom. The van der Waals surface area contributed by atoms with E-state index >= 15 is 0 Å². The zero-order valence-electron chi connectivity index (χ0n) is 11.3. The molecular weight excluding hydrogens is 216 g/mol. The Kier molecular flexibility index (Phi) is 6.52. The lowest BCUT2D eigenvalue weighted by Gasteiger charge is -2.18. The van der Waals surface area contributed by atoms with Gasteiger partial charge in [0.1, 0.15) is 0 Å². The van der Waals surface area contributed by atoms with Gasteiger partial charge in [0.2, 0.25) is 5.91 Å². The second-order valence-electron chi connectivity index (χ2n) is 5.09. The fourth-order valence-electron chi connectivity index (χ4n) is 2.00. The molecule has 1 aliphatic carbocycles. The smallest absolute Gasteiger partial charge is 0.234 e. The highest BCUT2D eigenvalue weighted by molar-refractivity contribution is 5.78. The third-order valence-electron chi connectivity index (χ3n) is 3.18. The van der Waals surface area contributed by atoms with Gasteiger partial charge in [-0.25, -0.2) is 0 Å². The molecule has 0 bridgehead atoms. The van der Waals surface area contributed by atoms with E-state index in [4.69, 9.17) is 4.74 Å². The number of amides is 1. The van der Waals surface area contributed by atoms with Crippen molar-refractivity contribution in [2.75, 3.05) is 20.3 Å². The van der Waals surface area contributed by atoms with Gasteiger partial charge in [0.05, 0.1) is 13.2 Å². The zero-order chi connectivity index (χ0) is 12.7. The second kappa shape index (κ2) is 7.67. The second-order valence-corrected chi connectivity index (χ2v) is 5.09. The van der Waals surface area contributed by atoms with E-state index in [-0.39, 0.29) is 11.9 Å². The fraction of sp³-hybridized carbons (Fsp3) is 0.923. The minimum Gasteiger partial charge on any atom is -0.383 e. The summed E-state index contributed by atoms with van der Waals surface area (Å²) >= 11 is 0. The Hall–Kier alpha value is -0.610. The maximum absolute atomic E-state index is 11.6. The summed E-state index contributed by atoms with van der Waals surface area (Å²) in [5, 5.41) is 6.24. The Labute approximate surface area is 104 Å². The normalized spacial score (nSPS) is 18.8. The third kappa shape index (κ3) is 6.64. The lowest BCUT2D eigenvalue weighted by atomic mass is 10.1. The maximum Gasteiger partial charge on any atom is 0.234 e. The summed E-state index contributed by atoms with van der Waals surface area (Å²) in [5.41, 5.74) is 0. The van der Waals surface area contributed by atoms with Crippen LogP contribution in [-0.4, -0.2) is 38.3 Å². The molecule has 0 aromatic heterocycles. The van der Waals surface area contributed by atoms with Crippen molar-refractivity contribution in [1.29, 1.82) is 0 Å². The molecule has 0 heterocycles. The van der Waals surface area contributed by atoms with Crippen molar-refractivity contribution in [3.8, 4) is 0 Å². The fourth-order valence-corrected chi connectivity index (χ4v) is 2.00. The van der Waals surface area contributed by atoms with Gasteiger partial charge in [-0.1, -0.05) is 19.8 Å². The van der Waals surface area contributed by atoms with Crippen molar-refractivity contribution >= 4 is 5.91 Å². The Bertz CT molecular complexity index is 229. The van der Waals surface area contributed by atoms with E-state index in [1.807, 2.05) is 6.92 Å². The van der Waals surface area contributed by atoms with E-state index in [2.05, 4.69) is 17.6 Å². The number of nitrogens with one attached hydrogen (secondary N) is 2. The lowest BCUT2D eigenvalue weighted by molar-refractivity contribution is -0.121. The molecule has 2 N–H and O–H groups in total. The summed E-state index contributed by atoms with van der Waals surface area (Å²) in [5.74, 6) is 0.965. The van der Waals surface area contributed by atoms with Gasteiger partial charge < -0.3 is 15.4 Å². The average molecular weight is 242 g/mol. The van der Waals surface area contributed by atoms with Crippen molar-refractivity contribution in [2.45, 2.75) is 51.6 Å². The summed E-state index contributed by atoms with van der Waals surface area (Å²) < 4.78 is 4.98. The summed E-state index contributed by atoms with van der Waals surface area (Å²) in [7, 11) is 1.64. The minimum atomic E-state index is 0.0591. The molecule has 0 spiro atoms. The quantitative estimate of drug-likeness (QED) is 0.641. The number of hydrogen-bond donors (Lipinski definition) is 2. The lowest BCUT2D eigenvalue weighted by Crippen LogP contribution is -2.43. The molecular formula is C13H26N2O2. The molecule has 1 saturated carbocycles. The first-order valence-corrected chi connectivity index (χ1v) is 6.67. The molecule has 0 aliphatic heterocycles. The highest BCUT2D eigenvalue weighted by Gasteiger charge is 2.24. The predicted octanol–water partition coefficient (Wildman–Crippen LogP) is 1.31. The van der Waals surface area contributed by atoms with E-state index in [1.54, 1.807) is 7.11 Å². The van der Waals surface area contributed by atoms with Crippen LogP contribution in [0.2, 0.25) is 0 Å². The van der Waals surface area contributed by atoms with E-state index in [0.717, 1.165) is 12.3 Å². The van der Waals surface area contributed by atoms with Crippen LogP contribution in [0.5, 0.6) is 0 Å². The number of carbonyl (C=O) groups is 1. The molecule has 0 aromatic carbocycles. The van der Waals surface area contributed by atoms with E-state index in [9.17, 15) is 4.79 Å². The molecule has 4 heteroatoms. The molecule has 4 nitrogen and oxygen atoms in total. The van der Waals surface area contributed by atoms with Crippen LogP contribution in [0.3, 0.4) is 0 Å². The average Bonchev–Trinajstić information content (AvgIpc) is 3.08. The number of hydrogen-bond acceptors (Lipinski definition) is 3. The van der Waals surface area contributed by atoms with Gasteiger partial charge in [-0.2, -0.15) is 0 Å². The van der Waals surface area contributed by atoms with Crippen LogP contribution in [0, 0.1) is 5.92 Å². The molecule has 0 aromatic rings. The topological polar surface area (TPSA) is 50.4 Å². The number of methoxy groups -OCH3 is 1. The molecule has 100 valence electrons. The van der Waals surface area contributed by atoms with Gasteiger partial charge in [0, 0.05) is 19.2 Å². The first kappa shape index (κ1) is 14.5. The third-order valence-corrected chi connectivity index (χ3v) is 3.18. The number of ether oxygens (including phenoxy) is 1. The maximum atomic E-state index is 11.6. The van der Waals surface area contributed by atoms with Crippen LogP contribution in [-0.2, 0) is 9.53 Å². The van der Waals surface area contributed by atoms with Crippen LogP contribution in [0.25, 0.3) is 0 Å². The highest BCUT2D eigenvalue weighted by Crippen LogP contribution is 2.33. The summed E-state index contributed by atoms with van der Waals surface area (Å²) in [6.07, 6.45) is 5.05. The standard InChI is InChI=1S/C13H26N2O2/c1-4-12(7-11-5-6-11)14-8-13(16)15-10(2)9-17-3/h10-12,14H,4-9H2,1-3H3,(H,15,16). The van der Waals surface area contributed by atoms with E-state index in [0.29, 0.717) is 19.2 Å². The first-order chi connectivity index (χ1) is 8.15. The highest BCUT2D eigenvalue weighted by atomic mass is 16.5. The first-order valence-electron chi connectivity index (χ1n) is 6.67. The molecule has 1 fully saturated rings. The van der Waals surface area contributed by atoms with Gasteiger partial charge in [-0.15, -0.1) is 0 Å². The molecule has 2 unspecified atom stereocenters. The van der Waals surface area contributed by atoms with E-state index < -0.39 is 0 Å². The molecule has 0 saturated heterocycles. The number of carbonyl (C=O) groups excluding carboxylic acids is 1. The van der Waals surface area contributed by atoms with Gasteiger partial charge in [0.25, 0.3) is 0 Å². The minimum absolute atomic E-state index is 0.0591. The SMILES string of the molecule is CCC(CC1CC1)NCC(=O)NC(C)COC. The molecule has 17 heavy (non-hydrogen) atoms. The molecule has 1 amide bonds. The van der Waals surface area contributed by atoms with Gasteiger partial charge in [-0.05, 0) is 25.7 Å². The van der Waals surface area contributed by atoms with Gasteiger partial charge in [0.15, 0.2) is 0 Å². The van der Waals surface area contributed by atoms with Crippen molar-refractivity contribution < 1.29 is 9.53 Å². The van der Waals surface area contributed by atoms with Crippen molar-refractivity contribution in [1.82, 2.24) is 10.6 Å². The zero-order valence-corrected chi connectivity index (χ0v) is 11.3. The van der Waals surface area contributed by atoms with Crippen LogP contribution >= 0.6 is 0 Å². The van der Waals surface area contributed by atoms with Crippen LogP contribution in [0.1, 0.15) is 39.5 Å². The Balaban J connectivity index is 2.11. The Morgan fingerprint density at radius 3 is 2.71 bits per heavy atom. The summed E-state index contributed by atoms with van der Waals surface area (Å²) in [4.78, 5) is 11.6. The monoisotopic (exact) mass is 242 g/mol. The van der Waals surface area contributed by atoms with Crippen molar-refractivity contribution in [2.24, 2.45) is 5.92 Å². The Morgan fingerprint density at radius 1 is 1.47 bits per heavy atom. The molecule has 1 rings (SSSR count). The molecule has 1 aliphatic rings. The van der Waals surface area contributed by atoms with Gasteiger partial charge in [-0.3, -0.25) is 4.79 Å². The van der Waals surface area contributed by atoms with Crippen LogP contribution in [0.15, 0.2) is 0 Å². The van der Waals surface area contributed by atoms with Crippen molar-refractivity contribution in [3.05, 3.63) is 0 Å².